The number of carbonyl (C=O) groups is 1. The number of nitrogens with zero attached hydrogens (tertiary/aromatic N) is 3. The van der Waals surface area contributed by atoms with Gasteiger partial charge >= 0.3 is 0 Å². The Morgan fingerprint density at radius 1 is 1.29 bits per heavy atom. The van der Waals surface area contributed by atoms with Crippen LogP contribution in [0.2, 0.25) is 5.02 Å². The molecule has 1 N–H and O–H groups in total. The van der Waals surface area contributed by atoms with Crippen LogP contribution < -0.4 is 15.0 Å². The molecular weight excluding hydrogens is 440 g/mol. The van der Waals surface area contributed by atoms with Crippen LogP contribution >= 0.6 is 22.9 Å². The second kappa shape index (κ2) is 9.35. The highest BCUT2D eigenvalue weighted by Gasteiger charge is 2.24. The van der Waals surface area contributed by atoms with Gasteiger partial charge in [0.2, 0.25) is 5.88 Å². The molecule has 2 aromatic heterocycles. The number of amides is 1. The van der Waals surface area contributed by atoms with E-state index in [0.717, 1.165) is 16.6 Å². The van der Waals surface area contributed by atoms with E-state index in [-0.39, 0.29) is 12.5 Å². The Hall–Kier alpha value is -2.46. The van der Waals surface area contributed by atoms with Crippen LogP contribution in [0.4, 0.5) is 11.4 Å². The minimum Gasteiger partial charge on any atom is -0.480 e. The monoisotopic (exact) mass is 462 g/mol. The number of aryl methyl sites for hydroxylation is 1. The molecule has 0 saturated carbocycles. The minimum atomic E-state index is -0.229. The van der Waals surface area contributed by atoms with E-state index in [4.69, 9.17) is 25.8 Å². The standard InChI is InChI=1S/C21H23ClN4O4S/c1-12-16-20(29-3)24-15(11-28-2)25-21(16)31-18(12)19(27)23-14-6-4-5-13(22)17(14)26-7-9-30-10-8-26/h4-6H,7-11H2,1-3H3,(H,23,27). The summed E-state index contributed by atoms with van der Waals surface area (Å²) in [6, 6.07) is 5.50. The van der Waals surface area contributed by atoms with Crippen LogP contribution in [0.25, 0.3) is 10.2 Å². The SMILES string of the molecule is COCc1nc(OC)c2c(C)c(C(=O)Nc3cccc(Cl)c3N3CCOCC3)sc2n1. The van der Waals surface area contributed by atoms with Gasteiger partial charge < -0.3 is 24.4 Å². The average Bonchev–Trinajstić information content (AvgIpc) is 3.11. The van der Waals surface area contributed by atoms with Crippen molar-refractivity contribution in [2.75, 3.05) is 50.7 Å². The number of carbonyl (C=O) groups excluding carboxylic acids is 1. The first kappa shape index (κ1) is 21.8. The van der Waals surface area contributed by atoms with Crippen LogP contribution in [-0.2, 0) is 16.1 Å². The van der Waals surface area contributed by atoms with Gasteiger partial charge in [0.25, 0.3) is 5.91 Å². The van der Waals surface area contributed by atoms with Crippen LogP contribution in [0.15, 0.2) is 18.2 Å². The zero-order valence-electron chi connectivity index (χ0n) is 17.5. The summed E-state index contributed by atoms with van der Waals surface area (Å²) in [5, 5.41) is 4.36. The Bertz CT molecular complexity index is 1110. The highest BCUT2D eigenvalue weighted by Crippen LogP contribution is 2.38. The summed E-state index contributed by atoms with van der Waals surface area (Å²) in [5.74, 6) is 0.707. The minimum absolute atomic E-state index is 0.229. The third-order valence-electron chi connectivity index (χ3n) is 5.04. The normalized spacial score (nSPS) is 14.1. The van der Waals surface area contributed by atoms with E-state index in [2.05, 4.69) is 20.2 Å². The number of rotatable bonds is 6. The molecule has 1 amide bonds. The Morgan fingerprint density at radius 3 is 2.77 bits per heavy atom. The highest BCUT2D eigenvalue weighted by atomic mass is 35.5. The van der Waals surface area contributed by atoms with Gasteiger partial charge in [-0.1, -0.05) is 17.7 Å². The summed E-state index contributed by atoms with van der Waals surface area (Å²) in [5.41, 5.74) is 2.24. The molecule has 1 saturated heterocycles. The molecule has 1 fully saturated rings. The number of thiophene rings is 1. The van der Waals surface area contributed by atoms with Crippen LogP contribution in [0.5, 0.6) is 5.88 Å². The molecule has 8 nitrogen and oxygen atoms in total. The van der Waals surface area contributed by atoms with Crippen LogP contribution in [0.1, 0.15) is 21.1 Å². The molecule has 1 aromatic carbocycles. The molecule has 0 radical (unpaired) electrons. The number of hydrogen-bond donors (Lipinski definition) is 1. The lowest BCUT2D eigenvalue weighted by Gasteiger charge is -2.31. The van der Waals surface area contributed by atoms with Gasteiger partial charge in [-0.25, -0.2) is 4.98 Å². The molecule has 164 valence electrons. The number of methoxy groups -OCH3 is 2. The zero-order valence-corrected chi connectivity index (χ0v) is 19.1. The number of nitrogens with one attached hydrogen (secondary N) is 1. The Morgan fingerprint density at radius 2 is 2.06 bits per heavy atom. The summed E-state index contributed by atoms with van der Waals surface area (Å²) in [6.45, 7) is 4.80. The predicted molar refractivity (Wildman–Crippen MR) is 122 cm³/mol. The summed E-state index contributed by atoms with van der Waals surface area (Å²) < 4.78 is 16.0. The fourth-order valence-corrected chi connectivity index (χ4v) is 4.99. The number of benzene rings is 1. The van der Waals surface area contributed by atoms with E-state index in [0.29, 0.717) is 58.4 Å². The number of anilines is 2. The number of hydrogen-bond acceptors (Lipinski definition) is 8. The fraction of sp³-hybridized carbons (Fsp3) is 0.381. The molecular formula is C21H23ClN4O4S. The predicted octanol–water partition coefficient (Wildman–Crippen LogP) is 3.90. The topological polar surface area (TPSA) is 85.8 Å². The first-order chi connectivity index (χ1) is 15.0. The van der Waals surface area contributed by atoms with Crippen LogP contribution in [0, 0.1) is 6.92 Å². The van der Waals surface area contributed by atoms with Crippen molar-refractivity contribution in [3.63, 3.8) is 0 Å². The number of ether oxygens (including phenoxy) is 3. The maximum absolute atomic E-state index is 13.3. The number of para-hydroxylation sites is 1. The molecule has 0 spiro atoms. The lowest BCUT2D eigenvalue weighted by atomic mass is 10.2. The van der Waals surface area contributed by atoms with Crippen molar-refractivity contribution in [3.8, 4) is 5.88 Å². The van der Waals surface area contributed by atoms with Gasteiger partial charge in [0, 0.05) is 20.2 Å². The highest BCUT2D eigenvalue weighted by molar-refractivity contribution is 7.20. The maximum atomic E-state index is 13.3. The largest absolute Gasteiger partial charge is 0.480 e. The molecule has 4 rings (SSSR count). The Kier molecular flexibility index (Phi) is 6.57. The van der Waals surface area contributed by atoms with Crippen LogP contribution in [0.3, 0.4) is 0 Å². The number of fused-ring (bicyclic) bond motifs is 1. The molecule has 10 heteroatoms. The summed E-state index contributed by atoms with van der Waals surface area (Å²) >= 11 is 7.80. The van der Waals surface area contributed by atoms with E-state index in [1.807, 2.05) is 25.1 Å². The van der Waals surface area contributed by atoms with E-state index in [1.54, 1.807) is 14.2 Å². The smallest absolute Gasteiger partial charge is 0.266 e. The van der Waals surface area contributed by atoms with Gasteiger partial charge in [-0.15, -0.1) is 11.3 Å². The third kappa shape index (κ3) is 4.31. The second-order valence-electron chi connectivity index (χ2n) is 7.01. The second-order valence-corrected chi connectivity index (χ2v) is 8.41. The first-order valence-corrected chi connectivity index (χ1v) is 11.0. The molecule has 1 aliphatic heterocycles. The summed E-state index contributed by atoms with van der Waals surface area (Å²) in [7, 11) is 3.13. The van der Waals surface area contributed by atoms with Gasteiger partial charge in [-0.2, -0.15) is 4.98 Å². The molecule has 0 aliphatic carbocycles. The summed E-state index contributed by atoms with van der Waals surface area (Å²) in [6.07, 6.45) is 0. The van der Waals surface area contributed by atoms with Crippen molar-refractivity contribution in [3.05, 3.63) is 39.5 Å². The van der Waals surface area contributed by atoms with E-state index in [1.165, 1.54) is 11.3 Å². The first-order valence-electron chi connectivity index (χ1n) is 9.79. The Balaban J connectivity index is 1.70. The lowest BCUT2D eigenvalue weighted by molar-refractivity contribution is 0.103. The number of morpholine rings is 1. The van der Waals surface area contributed by atoms with E-state index in [9.17, 15) is 4.79 Å². The van der Waals surface area contributed by atoms with Crippen molar-refractivity contribution in [1.29, 1.82) is 0 Å². The number of halogens is 1. The fourth-order valence-electron chi connectivity index (χ4n) is 3.61. The maximum Gasteiger partial charge on any atom is 0.266 e. The summed E-state index contributed by atoms with van der Waals surface area (Å²) in [4.78, 5) is 25.5. The van der Waals surface area contributed by atoms with Gasteiger partial charge in [0.1, 0.15) is 11.4 Å². The number of aromatic nitrogens is 2. The van der Waals surface area contributed by atoms with Gasteiger partial charge in [0.05, 0.1) is 47.0 Å². The van der Waals surface area contributed by atoms with Crippen molar-refractivity contribution in [2.24, 2.45) is 0 Å². The van der Waals surface area contributed by atoms with Crippen molar-refractivity contribution < 1.29 is 19.0 Å². The van der Waals surface area contributed by atoms with Crippen molar-refractivity contribution in [1.82, 2.24) is 9.97 Å². The lowest BCUT2D eigenvalue weighted by Crippen LogP contribution is -2.37. The molecule has 0 atom stereocenters. The van der Waals surface area contributed by atoms with Crippen LogP contribution in [-0.4, -0.2) is 56.4 Å². The molecule has 1 aliphatic rings. The van der Waals surface area contributed by atoms with E-state index < -0.39 is 0 Å². The third-order valence-corrected chi connectivity index (χ3v) is 6.53. The molecule has 31 heavy (non-hydrogen) atoms. The van der Waals surface area contributed by atoms with Gasteiger partial charge in [-0.05, 0) is 24.6 Å². The molecule has 3 heterocycles. The molecule has 0 unspecified atom stereocenters. The van der Waals surface area contributed by atoms with E-state index >= 15 is 0 Å². The van der Waals surface area contributed by atoms with Gasteiger partial charge in [0.15, 0.2) is 5.82 Å². The van der Waals surface area contributed by atoms with Crippen molar-refractivity contribution >= 4 is 50.4 Å². The Labute approximate surface area is 189 Å². The van der Waals surface area contributed by atoms with Crippen molar-refractivity contribution in [2.45, 2.75) is 13.5 Å². The quantitative estimate of drug-likeness (QED) is 0.594. The molecule has 3 aromatic rings. The average molecular weight is 463 g/mol. The molecule has 0 bridgehead atoms. The zero-order chi connectivity index (χ0) is 22.0. The van der Waals surface area contributed by atoms with Gasteiger partial charge in [-0.3, -0.25) is 4.79 Å².